The van der Waals surface area contributed by atoms with Gasteiger partial charge in [0.1, 0.15) is 5.75 Å². The summed E-state index contributed by atoms with van der Waals surface area (Å²) in [6, 6.07) is 10.3. The van der Waals surface area contributed by atoms with Gasteiger partial charge in [-0.3, -0.25) is 0 Å². The number of hydrogen-bond acceptors (Lipinski definition) is 4. The Morgan fingerprint density at radius 1 is 1.26 bits per heavy atom. The van der Waals surface area contributed by atoms with Crippen LogP contribution in [0.15, 0.2) is 30.3 Å². The van der Waals surface area contributed by atoms with E-state index in [0.717, 1.165) is 17.1 Å². The predicted octanol–water partition coefficient (Wildman–Crippen LogP) is 3.59. The van der Waals surface area contributed by atoms with E-state index >= 15 is 0 Å². The molecule has 0 fully saturated rings. The lowest BCUT2D eigenvalue weighted by Gasteiger charge is -2.10. The van der Waals surface area contributed by atoms with Crippen molar-refractivity contribution < 1.29 is 4.74 Å². The number of aryl methyl sites for hydroxylation is 1. The lowest BCUT2D eigenvalue weighted by atomic mass is 10.1. The van der Waals surface area contributed by atoms with Gasteiger partial charge in [-0.15, -0.1) is 11.3 Å². The molecule has 1 aromatic heterocycles. The molecule has 0 aliphatic carbocycles. The standard InChI is InChI=1S/C15H17NOS2/c1-17-12-4-2-10(3-5-12)15(16)14-8-11-9-18-7-6-13(11)19-14/h2-5,8,15H,6-7,9,16H2,1H3. The van der Waals surface area contributed by atoms with Crippen LogP contribution in [-0.2, 0) is 12.2 Å². The predicted molar refractivity (Wildman–Crippen MR) is 83.2 cm³/mol. The van der Waals surface area contributed by atoms with E-state index in [1.165, 1.54) is 27.5 Å². The Morgan fingerprint density at radius 2 is 2.05 bits per heavy atom. The van der Waals surface area contributed by atoms with Crippen molar-refractivity contribution in [1.82, 2.24) is 0 Å². The van der Waals surface area contributed by atoms with Crippen molar-refractivity contribution in [1.29, 1.82) is 0 Å². The van der Waals surface area contributed by atoms with Crippen molar-refractivity contribution in [3.05, 3.63) is 51.2 Å². The Hall–Kier alpha value is -0.970. The number of ether oxygens (including phenoxy) is 1. The fourth-order valence-corrected chi connectivity index (χ4v) is 4.70. The minimum Gasteiger partial charge on any atom is -0.497 e. The maximum absolute atomic E-state index is 6.38. The summed E-state index contributed by atoms with van der Waals surface area (Å²) >= 11 is 3.89. The third kappa shape index (κ3) is 2.66. The Morgan fingerprint density at radius 3 is 2.74 bits per heavy atom. The molecule has 19 heavy (non-hydrogen) atoms. The molecule has 4 heteroatoms. The summed E-state index contributed by atoms with van der Waals surface area (Å²) in [6.45, 7) is 0. The van der Waals surface area contributed by atoms with Crippen LogP contribution in [0.3, 0.4) is 0 Å². The Balaban J connectivity index is 1.85. The molecule has 100 valence electrons. The maximum atomic E-state index is 6.38. The molecular weight excluding hydrogens is 274 g/mol. The van der Waals surface area contributed by atoms with E-state index in [4.69, 9.17) is 10.5 Å². The van der Waals surface area contributed by atoms with Crippen molar-refractivity contribution in [2.45, 2.75) is 18.2 Å². The molecule has 1 aliphatic heterocycles. The average Bonchev–Trinajstić information content (AvgIpc) is 2.90. The third-order valence-electron chi connectivity index (χ3n) is 3.43. The molecule has 0 saturated heterocycles. The first kappa shape index (κ1) is 13.0. The lowest BCUT2D eigenvalue weighted by Crippen LogP contribution is -2.09. The van der Waals surface area contributed by atoms with Gasteiger partial charge < -0.3 is 10.5 Å². The van der Waals surface area contributed by atoms with E-state index in [0.29, 0.717) is 0 Å². The van der Waals surface area contributed by atoms with E-state index in [9.17, 15) is 0 Å². The van der Waals surface area contributed by atoms with Gasteiger partial charge in [0, 0.05) is 15.5 Å². The molecule has 2 nitrogen and oxygen atoms in total. The van der Waals surface area contributed by atoms with Crippen LogP contribution in [0.2, 0.25) is 0 Å². The zero-order valence-corrected chi connectivity index (χ0v) is 12.5. The van der Waals surface area contributed by atoms with Crippen LogP contribution in [0.25, 0.3) is 0 Å². The quantitative estimate of drug-likeness (QED) is 0.938. The Labute approximate surface area is 122 Å². The monoisotopic (exact) mass is 291 g/mol. The summed E-state index contributed by atoms with van der Waals surface area (Å²) in [6.07, 6.45) is 1.19. The van der Waals surface area contributed by atoms with Gasteiger partial charge in [-0.25, -0.2) is 0 Å². The molecule has 0 spiro atoms. The molecule has 0 amide bonds. The minimum absolute atomic E-state index is 0.0218. The van der Waals surface area contributed by atoms with Gasteiger partial charge in [-0.05, 0) is 41.5 Å². The number of nitrogens with two attached hydrogens (primary N) is 1. The smallest absolute Gasteiger partial charge is 0.118 e. The van der Waals surface area contributed by atoms with Gasteiger partial charge in [-0.1, -0.05) is 12.1 Å². The molecule has 2 heterocycles. The maximum Gasteiger partial charge on any atom is 0.118 e. The fourth-order valence-electron chi connectivity index (χ4n) is 2.30. The summed E-state index contributed by atoms with van der Waals surface area (Å²) in [5.74, 6) is 3.25. The molecule has 0 saturated carbocycles. The largest absolute Gasteiger partial charge is 0.497 e. The van der Waals surface area contributed by atoms with E-state index in [1.54, 1.807) is 7.11 Å². The number of thioether (sulfide) groups is 1. The van der Waals surface area contributed by atoms with Crippen LogP contribution in [-0.4, -0.2) is 12.9 Å². The second kappa shape index (κ2) is 5.57. The van der Waals surface area contributed by atoms with Gasteiger partial charge in [-0.2, -0.15) is 11.8 Å². The lowest BCUT2D eigenvalue weighted by molar-refractivity contribution is 0.414. The first-order valence-corrected chi connectivity index (χ1v) is 8.34. The number of benzene rings is 1. The van der Waals surface area contributed by atoms with Crippen molar-refractivity contribution in [3.8, 4) is 5.75 Å². The van der Waals surface area contributed by atoms with Crippen LogP contribution in [0.4, 0.5) is 0 Å². The highest BCUT2D eigenvalue weighted by Crippen LogP contribution is 2.35. The van der Waals surface area contributed by atoms with Gasteiger partial charge >= 0.3 is 0 Å². The van der Waals surface area contributed by atoms with Crippen LogP contribution in [0, 0.1) is 0 Å². The summed E-state index contributed by atoms with van der Waals surface area (Å²) in [5, 5.41) is 0. The van der Waals surface area contributed by atoms with E-state index < -0.39 is 0 Å². The summed E-state index contributed by atoms with van der Waals surface area (Å²) in [5.41, 5.74) is 9.01. The van der Waals surface area contributed by atoms with Gasteiger partial charge in [0.25, 0.3) is 0 Å². The molecule has 1 aliphatic rings. The number of fused-ring (bicyclic) bond motifs is 1. The van der Waals surface area contributed by atoms with Gasteiger partial charge in [0.2, 0.25) is 0 Å². The minimum atomic E-state index is -0.0218. The molecule has 1 unspecified atom stereocenters. The Kier molecular flexibility index (Phi) is 3.82. The molecule has 1 aromatic carbocycles. The zero-order chi connectivity index (χ0) is 13.2. The third-order valence-corrected chi connectivity index (χ3v) is 5.76. The van der Waals surface area contributed by atoms with Crippen molar-refractivity contribution in [3.63, 3.8) is 0 Å². The SMILES string of the molecule is COc1ccc(C(N)c2cc3c(s2)CCSC3)cc1. The zero-order valence-electron chi connectivity index (χ0n) is 10.9. The first-order chi connectivity index (χ1) is 9.28. The second-order valence-electron chi connectivity index (χ2n) is 4.65. The topological polar surface area (TPSA) is 35.2 Å². The molecule has 0 bridgehead atoms. The number of rotatable bonds is 3. The van der Waals surface area contributed by atoms with Gasteiger partial charge in [0.05, 0.1) is 13.2 Å². The molecule has 2 N–H and O–H groups in total. The second-order valence-corrected chi connectivity index (χ2v) is 6.92. The fraction of sp³-hybridized carbons (Fsp3) is 0.333. The van der Waals surface area contributed by atoms with Crippen molar-refractivity contribution in [2.24, 2.45) is 5.73 Å². The van der Waals surface area contributed by atoms with Crippen molar-refractivity contribution in [2.75, 3.05) is 12.9 Å². The van der Waals surface area contributed by atoms with Crippen LogP contribution in [0.1, 0.15) is 26.9 Å². The van der Waals surface area contributed by atoms with E-state index in [-0.39, 0.29) is 6.04 Å². The summed E-state index contributed by atoms with van der Waals surface area (Å²) in [4.78, 5) is 2.80. The normalized spacial score (nSPS) is 15.9. The average molecular weight is 291 g/mol. The summed E-state index contributed by atoms with van der Waals surface area (Å²) < 4.78 is 5.18. The number of methoxy groups -OCH3 is 1. The van der Waals surface area contributed by atoms with Gasteiger partial charge in [0.15, 0.2) is 0 Å². The number of thiophene rings is 1. The van der Waals surface area contributed by atoms with E-state index in [2.05, 4.69) is 18.2 Å². The molecular formula is C15H17NOS2. The summed E-state index contributed by atoms with van der Waals surface area (Å²) in [7, 11) is 1.68. The highest BCUT2D eigenvalue weighted by Gasteiger charge is 2.18. The van der Waals surface area contributed by atoms with Crippen LogP contribution < -0.4 is 10.5 Å². The molecule has 1 atom stereocenters. The molecule has 3 rings (SSSR count). The highest BCUT2D eigenvalue weighted by molar-refractivity contribution is 7.98. The first-order valence-electron chi connectivity index (χ1n) is 6.36. The van der Waals surface area contributed by atoms with Crippen LogP contribution >= 0.6 is 23.1 Å². The highest BCUT2D eigenvalue weighted by atomic mass is 32.2. The van der Waals surface area contributed by atoms with Crippen molar-refractivity contribution >= 4 is 23.1 Å². The Bertz CT molecular complexity index is 539. The number of hydrogen-bond donors (Lipinski definition) is 1. The van der Waals surface area contributed by atoms with E-state index in [1.807, 2.05) is 35.2 Å². The molecule has 2 aromatic rings. The van der Waals surface area contributed by atoms with Crippen LogP contribution in [0.5, 0.6) is 5.75 Å². The molecule has 0 radical (unpaired) electrons.